The van der Waals surface area contributed by atoms with Crippen LogP contribution in [0, 0.1) is 0 Å². The molecule has 1 rings (SSSR count). The number of methoxy groups -OCH3 is 1. The van der Waals surface area contributed by atoms with Crippen LogP contribution in [0.3, 0.4) is 0 Å². The first-order chi connectivity index (χ1) is 7.10. The van der Waals surface area contributed by atoms with Gasteiger partial charge in [-0.05, 0) is 26.0 Å². The Morgan fingerprint density at radius 1 is 1.40 bits per heavy atom. The Bertz CT molecular complexity index is 337. The van der Waals surface area contributed by atoms with Gasteiger partial charge < -0.3 is 14.6 Å². The van der Waals surface area contributed by atoms with Crippen LogP contribution in [0.1, 0.15) is 19.4 Å². The Hall–Kier alpha value is -0.740. The van der Waals surface area contributed by atoms with E-state index in [2.05, 4.69) is 15.9 Å². The molecule has 0 saturated heterocycles. The molecule has 0 unspecified atom stereocenters. The van der Waals surface area contributed by atoms with E-state index in [0.717, 1.165) is 4.47 Å². The maximum absolute atomic E-state index is 9.27. The van der Waals surface area contributed by atoms with E-state index in [1.54, 1.807) is 13.2 Å². The second-order valence-corrected chi connectivity index (χ2v) is 4.24. The largest absolute Gasteiger partial charge is 0.493 e. The van der Waals surface area contributed by atoms with E-state index in [0.29, 0.717) is 17.1 Å². The predicted molar refractivity (Wildman–Crippen MR) is 62.4 cm³/mol. The Kier molecular flexibility index (Phi) is 4.42. The van der Waals surface area contributed by atoms with Crippen LogP contribution in [0.15, 0.2) is 16.6 Å². The molecule has 0 saturated carbocycles. The molecule has 0 atom stereocenters. The van der Waals surface area contributed by atoms with Crippen molar-refractivity contribution in [3.05, 3.63) is 22.2 Å². The van der Waals surface area contributed by atoms with Crippen LogP contribution >= 0.6 is 15.9 Å². The molecule has 0 spiro atoms. The van der Waals surface area contributed by atoms with Gasteiger partial charge in [-0.15, -0.1) is 0 Å². The quantitative estimate of drug-likeness (QED) is 0.918. The lowest BCUT2D eigenvalue weighted by Crippen LogP contribution is -2.09. The van der Waals surface area contributed by atoms with Gasteiger partial charge in [-0.2, -0.15) is 0 Å². The van der Waals surface area contributed by atoms with Crippen molar-refractivity contribution in [2.75, 3.05) is 7.11 Å². The van der Waals surface area contributed by atoms with Gasteiger partial charge in [0.2, 0.25) is 0 Å². The fourth-order valence-electron chi connectivity index (χ4n) is 1.26. The Balaban J connectivity index is 3.21. The standard InChI is InChI=1S/C11H15BrO3/c1-7(2)15-11-8(6-13)9(12)4-5-10(11)14-3/h4-5,7,13H,6H2,1-3H3. The minimum Gasteiger partial charge on any atom is -0.493 e. The summed E-state index contributed by atoms with van der Waals surface area (Å²) in [7, 11) is 1.58. The number of hydrogen-bond donors (Lipinski definition) is 1. The second kappa shape index (κ2) is 5.37. The summed E-state index contributed by atoms with van der Waals surface area (Å²) in [6.07, 6.45) is 0.0403. The molecule has 4 heteroatoms. The summed E-state index contributed by atoms with van der Waals surface area (Å²) in [6, 6.07) is 3.64. The highest BCUT2D eigenvalue weighted by Crippen LogP contribution is 2.36. The van der Waals surface area contributed by atoms with E-state index >= 15 is 0 Å². The summed E-state index contributed by atoms with van der Waals surface area (Å²) in [4.78, 5) is 0. The maximum Gasteiger partial charge on any atom is 0.168 e. The molecular formula is C11H15BrO3. The first-order valence-corrected chi connectivity index (χ1v) is 5.52. The number of halogens is 1. The SMILES string of the molecule is COc1ccc(Br)c(CO)c1OC(C)C. The molecule has 0 aromatic heterocycles. The molecule has 0 aliphatic rings. The molecule has 3 nitrogen and oxygen atoms in total. The molecule has 0 fully saturated rings. The highest BCUT2D eigenvalue weighted by Gasteiger charge is 2.14. The van der Waals surface area contributed by atoms with Crippen molar-refractivity contribution in [2.24, 2.45) is 0 Å². The molecule has 1 aromatic carbocycles. The van der Waals surface area contributed by atoms with Crippen molar-refractivity contribution in [2.45, 2.75) is 26.6 Å². The molecule has 0 aliphatic heterocycles. The topological polar surface area (TPSA) is 38.7 Å². The maximum atomic E-state index is 9.27. The highest BCUT2D eigenvalue weighted by molar-refractivity contribution is 9.10. The zero-order valence-corrected chi connectivity index (χ0v) is 10.7. The van der Waals surface area contributed by atoms with Crippen molar-refractivity contribution in [1.82, 2.24) is 0 Å². The average Bonchev–Trinajstić information content (AvgIpc) is 2.18. The van der Waals surface area contributed by atoms with E-state index in [9.17, 15) is 5.11 Å². The van der Waals surface area contributed by atoms with E-state index in [1.165, 1.54) is 0 Å². The van der Waals surface area contributed by atoms with Gasteiger partial charge in [0.25, 0.3) is 0 Å². The fraction of sp³-hybridized carbons (Fsp3) is 0.455. The lowest BCUT2D eigenvalue weighted by molar-refractivity contribution is 0.214. The lowest BCUT2D eigenvalue weighted by atomic mass is 10.2. The van der Waals surface area contributed by atoms with Crippen LogP contribution in [0.4, 0.5) is 0 Å². The first-order valence-electron chi connectivity index (χ1n) is 4.73. The Morgan fingerprint density at radius 3 is 2.53 bits per heavy atom. The lowest BCUT2D eigenvalue weighted by Gasteiger charge is -2.17. The van der Waals surface area contributed by atoms with E-state index in [-0.39, 0.29) is 12.7 Å². The summed E-state index contributed by atoms with van der Waals surface area (Å²) >= 11 is 3.37. The van der Waals surface area contributed by atoms with Crippen LogP contribution in [0.5, 0.6) is 11.5 Å². The number of ether oxygens (including phenoxy) is 2. The minimum absolute atomic E-state index is 0.0403. The molecule has 1 N–H and O–H groups in total. The average molecular weight is 275 g/mol. The summed E-state index contributed by atoms with van der Waals surface area (Å²) in [5, 5.41) is 9.27. The number of hydrogen-bond acceptors (Lipinski definition) is 3. The van der Waals surface area contributed by atoms with Crippen LogP contribution in [-0.4, -0.2) is 18.3 Å². The second-order valence-electron chi connectivity index (χ2n) is 3.38. The number of aliphatic hydroxyl groups is 1. The molecule has 0 amide bonds. The molecule has 0 bridgehead atoms. The van der Waals surface area contributed by atoms with Crippen molar-refractivity contribution < 1.29 is 14.6 Å². The van der Waals surface area contributed by atoms with E-state index < -0.39 is 0 Å². The van der Waals surface area contributed by atoms with Crippen molar-refractivity contribution in [3.63, 3.8) is 0 Å². The zero-order chi connectivity index (χ0) is 11.4. The molecule has 0 heterocycles. The normalized spacial score (nSPS) is 10.5. The van der Waals surface area contributed by atoms with Gasteiger partial charge in [0.15, 0.2) is 11.5 Å². The van der Waals surface area contributed by atoms with Gasteiger partial charge in [0.05, 0.1) is 19.8 Å². The summed E-state index contributed by atoms with van der Waals surface area (Å²) in [6.45, 7) is 3.78. The van der Waals surface area contributed by atoms with Gasteiger partial charge in [-0.1, -0.05) is 15.9 Å². The first kappa shape index (κ1) is 12.3. The smallest absolute Gasteiger partial charge is 0.168 e. The van der Waals surface area contributed by atoms with Gasteiger partial charge in [-0.25, -0.2) is 0 Å². The molecule has 0 aliphatic carbocycles. The molecule has 15 heavy (non-hydrogen) atoms. The predicted octanol–water partition coefficient (Wildman–Crippen LogP) is 2.74. The fourth-order valence-corrected chi connectivity index (χ4v) is 1.69. The third-order valence-corrected chi connectivity index (χ3v) is 2.64. The van der Waals surface area contributed by atoms with Crippen LogP contribution < -0.4 is 9.47 Å². The Labute approximate surface area is 98.1 Å². The number of rotatable bonds is 4. The van der Waals surface area contributed by atoms with E-state index in [4.69, 9.17) is 9.47 Å². The van der Waals surface area contributed by atoms with Crippen LogP contribution in [0.2, 0.25) is 0 Å². The number of aliphatic hydroxyl groups excluding tert-OH is 1. The third-order valence-electron chi connectivity index (χ3n) is 1.90. The summed E-state index contributed by atoms with van der Waals surface area (Å²) < 4.78 is 11.6. The minimum atomic E-state index is -0.0835. The summed E-state index contributed by atoms with van der Waals surface area (Å²) in [5.74, 6) is 1.24. The summed E-state index contributed by atoms with van der Waals surface area (Å²) in [5.41, 5.74) is 0.711. The van der Waals surface area contributed by atoms with Crippen molar-refractivity contribution in [3.8, 4) is 11.5 Å². The van der Waals surface area contributed by atoms with Gasteiger partial charge >= 0.3 is 0 Å². The number of benzene rings is 1. The molecule has 0 radical (unpaired) electrons. The zero-order valence-electron chi connectivity index (χ0n) is 9.08. The Morgan fingerprint density at radius 2 is 2.07 bits per heavy atom. The monoisotopic (exact) mass is 274 g/mol. The third kappa shape index (κ3) is 2.86. The van der Waals surface area contributed by atoms with Gasteiger partial charge in [0.1, 0.15) is 0 Å². The molecule has 1 aromatic rings. The highest BCUT2D eigenvalue weighted by atomic mass is 79.9. The van der Waals surface area contributed by atoms with Crippen LogP contribution in [0.25, 0.3) is 0 Å². The van der Waals surface area contributed by atoms with Crippen molar-refractivity contribution in [1.29, 1.82) is 0 Å². The van der Waals surface area contributed by atoms with Gasteiger partial charge in [-0.3, -0.25) is 0 Å². The van der Waals surface area contributed by atoms with E-state index in [1.807, 2.05) is 19.9 Å². The molecule has 84 valence electrons. The molecular weight excluding hydrogens is 260 g/mol. The van der Waals surface area contributed by atoms with Crippen LogP contribution in [-0.2, 0) is 6.61 Å². The van der Waals surface area contributed by atoms with Gasteiger partial charge in [0, 0.05) is 10.0 Å². The van der Waals surface area contributed by atoms with Crippen molar-refractivity contribution >= 4 is 15.9 Å².